The normalized spacial score (nSPS) is 17.6. The molecule has 0 radical (unpaired) electrons. The predicted molar refractivity (Wildman–Crippen MR) is 57.0 cm³/mol. The van der Waals surface area contributed by atoms with Crippen molar-refractivity contribution in [3.63, 3.8) is 0 Å². The lowest BCUT2D eigenvalue weighted by Crippen LogP contribution is -2.40. The van der Waals surface area contributed by atoms with E-state index in [-0.39, 0.29) is 24.4 Å². The molecule has 1 rings (SSSR count). The van der Waals surface area contributed by atoms with Crippen LogP contribution in [-0.2, 0) is 9.53 Å². The number of amides is 1. The van der Waals surface area contributed by atoms with Gasteiger partial charge in [0.2, 0.25) is 0 Å². The number of alkyl halides is 1. The molecule has 0 N–H and O–H groups in total. The van der Waals surface area contributed by atoms with Crippen molar-refractivity contribution in [1.29, 1.82) is 0 Å². The second kappa shape index (κ2) is 5.95. The van der Waals surface area contributed by atoms with Gasteiger partial charge >= 0.3 is 6.09 Å². The third-order valence-corrected chi connectivity index (χ3v) is 2.79. The monoisotopic (exact) mass is 233 g/mol. The minimum absolute atomic E-state index is 0.113. The minimum atomic E-state index is -0.322. The Hall–Kier alpha value is -0.770. The fraction of sp³-hybridized carbons (Fsp3) is 0.800. The minimum Gasteiger partial charge on any atom is -0.448 e. The van der Waals surface area contributed by atoms with Crippen LogP contribution in [-0.4, -0.2) is 42.4 Å². The van der Waals surface area contributed by atoms with Gasteiger partial charge in [-0.1, -0.05) is 0 Å². The van der Waals surface area contributed by atoms with Crippen LogP contribution in [0.2, 0.25) is 0 Å². The van der Waals surface area contributed by atoms with Gasteiger partial charge in [-0.2, -0.15) is 0 Å². The lowest BCUT2D eigenvalue weighted by Gasteiger charge is -2.29. The van der Waals surface area contributed by atoms with E-state index in [1.807, 2.05) is 0 Å². The predicted octanol–water partition coefficient (Wildman–Crippen LogP) is 1.66. The maximum atomic E-state index is 11.4. The maximum Gasteiger partial charge on any atom is 0.409 e. The highest BCUT2D eigenvalue weighted by atomic mass is 35.5. The van der Waals surface area contributed by atoms with Crippen molar-refractivity contribution >= 4 is 23.5 Å². The first-order chi connectivity index (χ1) is 7.15. The number of ether oxygens (including phenoxy) is 1. The van der Waals surface area contributed by atoms with Crippen LogP contribution in [0, 0.1) is 5.92 Å². The van der Waals surface area contributed by atoms with Crippen molar-refractivity contribution in [2.45, 2.75) is 19.8 Å². The maximum absolute atomic E-state index is 11.4. The zero-order chi connectivity index (χ0) is 11.3. The van der Waals surface area contributed by atoms with E-state index in [1.165, 1.54) is 0 Å². The fourth-order valence-corrected chi connectivity index (χ4v) is 1.76. The molecule has 0 bridgehead atoms. The summed E-state index contributed by atoms with van der Waals surface area (Å²) < 4.78 is 4.90. The van der Waals surface area contributed by atoms with Gasteiger partial charge in [0.25, 0.3) is 0 Å². The van der Waals surface area contributed by atoms with Gasteiger partial charge < -0.3 is 9.64 Å². The van der Waals surface area contributed by atoms with E-state index in [0.29, 0.717) is 19.0 Å². The van der Waals surface area contributed by atoms with E-state index < -0.39 is 0 Å². The van der Waals surface area contributed by atoms with Gasteiger partial charge in [-0.05, 0) is 19.8 Å². The molecule has 0 atom stereocenters. The van der Waals surface area contributed by atoms with Gasteiger partial charge in [-0.25, -0.2) is 4.79 Å². The Kier molecular flexibility index (Phi) is 4.88. The van der Waals surface area contributed by atoms with Gasteiger partial charge in [0, 0.05) is 19.0 Å². The molecule has 0 spiro atoms. The summed E-state index contributed by atoms with van der Waals surface area (Å²) in [7, 11) is 0. The largest absolute Gasteiger partial charge is 0.448 e. The first-order valence-corrected chi connectivity index (χ1v) is 5.66. The molecular weight excluding hydrogens is 218 g/mol. The van der Waals surface area contributed by atoms with E-state index in [9.17, 15) is 9.59 Å². The molecule has 1 saturated heterocycles. The summed E-state index contributed by atoms with van der Waals surface area (Å²) in [5.74, 6) is 0.640. The number of rotatable bonds is 3. The third-order valence-electron chi connectivity index (χ3n) is 2.63. The first kappa shape index (κ1) is 12.3. The van der Waals surface area contributed by atoms with Crippen molar-refractivity contribution in [1.82, 2.24) is 4.90 Å². The fourth-order valence-electron chi connectivity index (χ4n) is 1.69. The number of piperidine rings is 1. The summed E-state index contributed by atoms with van der Waals surface area (Å²) in [4.78, 5) is 24.1. The van der Waals surface area contributed by atoms with Gasteiger partial charge in [0.15, 0.2) is 0 Å². The average molecular weight is 234 g/mol. The van der Waals surface area contributed by atoms with Crippen LogP contribution in [0.15, 0.2) is 0 Å². The Bertz CT molecular complexity index is 237. The van der Waals surface area contributed by atoms with Crippen molar-refractivity contribution in [3.05, 3.63) is 0 Å². The van der Waals surface area contributed by atoms with E-state index in [2.05, 4.69) is 0 Å². The number of hydrogen-bond donors (Lipinski definition) is 0. The van der Waals surface area contributed by atoms with E-state index in [0.717, 1.165) is 12.8 Å². The molecular formula is C10H16ClNO3. The molecule has 0 aliphatic carbocycles. The van der Waals surface area contributed by atoms with Gasteiger partial charge in [-0.3, -0.25) is 4.79 Å². The Balaban J connectivity index is 2.30. The molecule has 0 aromatic rings. The number of carbonyl (C=O) groups excluding carboxylic acids is 2. The van der Waals surface area contributed by atoms with Crippen LogP contribution >= 0.6 is 11.6 Å². The summed E-state index contributed by atoms with van der Waals surface area (Å²) in [6, 6.07) is 0. The number of nitrogens with zero attached hydrogens (tertiary/aromatic N) is 1. The van der Waals surface area contributed by atoms with Crippen LogP contribution in [0.4, 0.5) is 4.79 Å². The summed E-state index contributed by atoms with van der Waals surface area (Å²) >= 11 is 5.41. The summed E-state index contributed by atoms with van der Waals surface area (Å²) in [6.07, 6.45) is 1.16. The summed E-state index contributed by atoms with van der Waals surface area (Å²) in [5.41, 5.74) is 0. The van der Waals surface area contributed by atoms with E-state index in [1.54, 1.807) is 11.8 Å². The lowest BCUT2D eigenvalue weighted by molar-refractivity contribution is -0.122. The SMILES string of the molecule is CC(=O)C1CCN(C(=O)OCCCl)CC1. The molecule has 0 aromatic carbocycles. The van der Waals surface area contributed by atoms with Crippen molar-refractivity contribution in [3.8, 4) is 0 Å². The Morgan fingerprint density at radius 2 is 2.00 bits per heavy atom. The van der Waals surface area contributed by atoms with Crippen molar-refractivity contribution in [2.24, 2.45) is 5.92 Å². The highest BCUT2D eigenvalue weighted by Crippen LogP contribution is 2.18. The Labute approximate surface area is 94.5 Å². The van der Waals surface area contributed by atoms with Crippen LogP contribution in [0.5, 0.6) is 0 Å². The van der Waals surface area contributed by atoms with Gasteiger partial charge in [0.05, 0.1) is 5.88 Å². The number of hydrogen-bond acceptors (Lipinski definition) is 3. The number of ketones is 1. The highest BCUT2D eigenvalue weighted by Gasteiger charge is 2.25. The third kappa shape index (κ3) is 3.70. The Morgan fingerprint density at radius 1 is 1.40 bits per heavy atom. The van der Waals surface area contributed by atoms with Crippen molar-refractivity contribution in [2.75, 3.05) is 25.6 Å². The molecule has 0 aromatic heterocycles. The van der Waals surface area contributed by atoms with Crippen molar-refractivity contribution < 1.29 is 14.3 Å². The smallest absolute Gasteiger partial charge is 0.409 e. The van der Waals surface area contributed by atoms with E-state index >= 15 is 0 Å². The number of Topliss-reactive ketones (excluding diaryl/α,β-unsaturated/α-hetero) is 1. The summed E-state index contributed by atoms with van der Waals surface area (Å²) in [5, 5.41) is 0. The van der Waals surface area contributed by atoms with Crippen LogP contribution in [0.3, 0.4) is 0 Å². The first-order valence-electron chi connectivity index (χ1n) is 5.13. The molecule has 1 fully saturated rings. The zero-order valence-corrected chi connectivity index (χ0v) is 9.63. The highest BCUT2D eigenvalue weighted by molar-refractivity contribution is 6.18. The molecule has 1 aliphatic rings. The van der Waals surface area contributed by atoms with Gasteiger partial charge in [-0.15, -0.1) is 11.6 Å². The molecule has 5 heteroatoms. The lowest BCUT2D eigenvalue weighted by atomic mass is 9.94. The number of halogens is 1. The van der Waals surface area contributed by atoms with Gasteiger partial charge in [0.1, 0.15) is 12.4 Å². The molecule has 0 saturated carbocycles. The molecule has 86 valence electrons. The second-order valence-corrected chi connectivity index (χ2v) is 4.05. The zero-order valence-electron chi connectivity index (χ0n) is 8.87. The second-order valence-electron chi connectivity index (χ2n) is 3.68. The number of carbonyl (C=O) groups is 2. The number of likely N-dealkylation sites (tertiary alicyclic amines) is 1. The topological polar surface area (TPSA) is 46.6 Å². The average Bonchev–Trinajstić information content (AvgIpc) is 2.26. The van der Waals surface area contributed by atoms with Crippen LogP contribution < -0.4 is 0 Å². The molecule has 1 aliphatic heterocycles. The molecule has 0 unspecified atom stereocenters. The Morgan fingerprint density at radius 3 is 2.47 bits per heavy atom. The van der Waals surface area contributed by atoms with Crippen LogP contribution in [0.25, 0.3) is 0 Å². The quantitative estimate of drug-likeness (QED) is 0.697. The molecule has 1 heterocycles. The molecule has 15 heavy (non-hydrogen) atoms. The van der Waals surface area contributed by atoms with E-state index in [4.69, 9.17) is 16.3 Å². The van der Waals surface area contributed by atoms with Crippen LogP contribution in [0.1, 0.15) is 19.8 Å². The standard InChI is InChI=1S/C10H16ClNO3/c1-8(13)9-2-5-12(6-3-9)10(14)15-7-4-11/h9H,2-7H2,1H3. The summed E-state index contributed by atoms with van der Waals surface area (Å²) in [6.45, 7) is 3.05. The molecule has 1 amide bonds. The molecule has 4 nitrogen and oxygen atoms in total.